The molecule has 0 fully saturated rings. The fourth-order valence-corrected chi connectivity index (χ4v) is 2.21. The lowest BCUT2D eigenvalue weighted by molar-refractivity contribution is 0.808. The maximum absolute atomic E-state index is 4.51. The molecule has 0 amide bonds. The SMILES string of the molecule is Cc1cc(C(C)C)nc(NCc2ccsc2)n1. The number of aromatic nitrogens is 2. The predicted molar refractivity (Wildman–Crippen MR) is 72.5 cm³/mol. The van der Waals surface area contributed by atoms with Gasteiger partial charge in [0.25, 0.3) is 0 Å². The summed E-state index contributed by atoms with van der Waals surface area (Å²) < 4.78 is 0. The van der Waals surface area contributed by atoms with E-state index >= 15 is 0 Å². The van der Waals surface area contributed by atoms with Crippen molar-refractivity contribution in [3.05, 3.63) is 39.8 Å². The van der Waals surface area contributed by atoms with Gasteiger partial charge in [-0.05, 0) is 41.3 Å². The number of anilines is 1. The van der Waals surface area contributed by atoms with Crippen LogP contribution in [0, 0.1) is 6.92 Å². The van der Waals surface area contributed by atoms with Gasteiger partial charge in [0.05, 0.1) is 0 Å². The van der Waals surface area contributed by atoms with Gasteiger partial charge in [0.2, 0.25) is 5.95 Å². The van der Waals surface area contributed by atoms with Gasteiger partial charge in [0, 0.05) is 17.9 Å². The molecule has 2 heterocycles. The normalized spacial score (nSPS) is 10.8. The van der Waals surface area contributed by atoms with Gasteiger partial charge in [-0.3, -0.25) is 0 Å². The van der Waals surface area contributed by atoms with E-state index in [1.165, 1.54) is 5.56 Å². The molecule has 0 bridgehead atoms. The van der Waals surface area contributed by atoms with Crippen LogP contribution in [0.5, 0.6) is 0 Å². The summed E-state index contributed by atoms with van der Waals surface area (Å²) in [5, 5.41) is 7.48. The first-order valence-electron chi connectivity index (χ1n) is 5.75. The van der Waals surface area contributed by atoms with Crippen LogP contribution in [0.3, 0.4) is 0 Å². The Balaban J connectivity index is 2.10. The van der Waals surface area contributed by atoms with E-state index in [9.17, 15) is 0 Å². The molecule has 0 aromatic carbocycles. The van der Waals surface area contributed by atoms with E-state index in [2.05, 4.69) is 46.0 Å². The molecule has 17 heavy (non-hydrogen) atoms. The Morgan fingerprint density at radius 3 is 2.82 bits per heavy atom. The fourth-order valence-electron chi connectivity index (χ4n) is 1.54. The fraction of sp³-hybridized carbons (Fsp3) is 0.385. The maximum atomic E-state index is 4.51. The molecular weight excluding hydrogens is 230 g/mol. The van der Waals surface area contributed by atoms with Gasteiger partial charge < -0.3 is 5.32 Å². The molecule has 3 nitrogen and oxygen atoms in total. The zero-order valence-corrected chi connectivity index (χ0v) is 11.2. The molecule has 2 aromatic heterocycles. The van der Waals surface area contributed by atoms with Crippen molar-refractivity contribution in [2.24, 2.45) is 0 Å². The first-order chi connectivity index (χ1) is 8.15. The van der Waals surface area contributed by atoms with Crippen molar-refractivity contribution < 1.29 is 0 Å². The van der Waals surface area contributed by atoms with Gasteiger partial charge in [0.15, 0.2) is 0 Å². The number of nitrogens with zero attached hydrogens (tertiary/aromatic N) is 2. The number of hydrogen-bond acceptors (Lipinski definition) is 4. The van der Waals surface area contributed by atoms with Gasteiger partial charge in [-0.1, -0.05) is 13.8 Å². The van der Waals surface area contributed by atoms with E-state index in [4.69, 9.17) is 0 Å². The molecule has 0 radical (unpaired) electrons. The zero-order valence-electron chi connectivity index (χ0n) is 10.4. The smallest absolute Gasteiger partial charge is 0.223 e. The van der Waals surface area contributed by atoms with Gasteiger partial charge in [0.1, 0.15) is 0 Å². The number of thiophene rings is 1. The van der Waals surface area contributed by atoms with Crippen LogP contribution in [0.25, 0.3) is 0 Å². The summed E-state index contributed by atoms with van der Waals surface area (Å²) in [6.45, 7) is 7.07. The van der Waals surface area contributed by atoms with E-state index < -0.39 is 0 Å². The van der Waals surface area contributed by atoms with Crippen LogP contribution in [0.2, 0.25) is 0 Å². The number of nitrogens with one attached hydrogen (secondary N) is 1. The molecule has 2 rings (SSSR count). The second-order valence-corrected chi connectivity index (χ2v) is 5.18. The topological polar surface area (TPSA) is 37.8 Å². The van der Waals surface area contributed by atoms with Gasteiger partial charge in [-0.2, -0.15) is 11.3 Å². The highest BCUT2D eigenvalue weighted by Crippen LogP contribution is 2.15. The summed E-state index contributed by atoms with van der Waals surface area (Å²) in [5.74, 6) is 1.15. The Labute approximate surface area is 106 Å². The van der Waals surface area contributed by atoms with E-state index in [-0.39, 0.29) is 0 Å². The highest BCUT2D eigenvalue weighted by Gasteiger charge is 2.05. The molecule has 0 aliphatic rings. The van der Waals surface area contributed by atoms with Crippen molar-refractivity contribution in [1.82, 2.24) is 9.97 Å². The van der Waals surface area contributed by atoms with Crippen molar-refractivity contribution in [2.75, 3.05) is 5.32 Å². The molecule has 1 N–H and O–H groups in total. The molecule has 90 valence electrons. The van der Waals surface area contributed by atoms with E-state index in [0.717, 1.165) is 23.9 Å². The van der Waals surface area contributed by atoms with Crippen LogP contribution < -0.4 is 5.32 Å². The first kappa shape index (κ1) is 12.0. The Morgan fingerprint density at radius 1 is 1.35 bits per heavy atom. The second kappa shape index (κ2) is 5.27. The minimum Gasteiger partial charge on any atom is -0.350 e. The Kier molecular flexibility index (Phi) is 3.74. The van der Waals surface area contributed by atoms with Gasteiger partial charge in [-0.15, -0.1) is 0 Å². The van der Waals surface area contributed by atoms with Crippen molar-refractivity contribution in [1.29, 1.82) is 0 Å². The third kappa shape index (κ3) is 3.27. The monoisotopic (exact) mass is 247 g/mol. The standard InChI is InChI=1S/C13H17N3S/c1-9(2)12-6-10(3)15-13(16-12)14-7-11-4-5-17-8-11/h4-6,8-9H,7H2,1-3H3,(H,14,15,16). The molecule has 0 saturated carbocycles. The van der Waals surface area contributed by atoms with Crippen LogP contribution in [0.15, 0.2) is 22.9 Å². The molecule has 4 heteroatoms. The summed E-state index contributed by atoms with van der Waals surface area (Å²) in [6.07, 6.45) is 0. The lowest BCUT2D eigenvalue weighted by atomic mass is 10.1. The third-order valence-electron chi connectivity index (χ3n) is 2.50. The molecule has 0 atom stereocenters. The van der Waals surface area contributed by atoms with Crippen molar-refractivity contribution in [3.8, 4) is 0 Å². The molecule has 0 unspecified atom stereocenters. The Hall–Kier alpha value is -1.42. The summed E-state index contributed by atoms with van der Waals surface area (Å²) in [6, 6.07) is 4.15. The lowest BCUT2D eigenvalue weighted by Crippen LogP contribution is -2.06. The summed E-state index contributed by atoms with van der Waals surface area (Å²) >= 11 is 1.71. The second-order valence-electron chi connectivity index (χ2n) is 4.40. The summed E-state index contributed by atoms with van der Waals surface area (Å²) in [5.41, 5.74) is 3.37. The highest BCUT2D eigenvalue weighted by molar-refractivity contribution is 7.07. The van der Waals surface area contributed by atoms with Crippen molar-refractivity contribution in [3.63, 3.8) is 0 Å². The molecule has 0 aliphatic heterocycles. The Bertz CT molecular complexity index is 477. The predicted octanol–water partition coefficient (Wildman–Crippen LogP) is 3.58. The maximum Gasteiger partial charge on any atom is 0.223 e. The minimum atomic E-state index is 0.429. The van der Waals surface area contributed by atoms with E-state index in [1.807, 2.05) is 13.0 Å². The lowest BCUT2D eigenvalue weighted by Gasteiger charge is -2.09. The average molecular weight is 247 g/mol. The molecule has 0 saturated heterocycles. The minimum absolute atomic E-state index is 0.429. The van der Waals surface area contributed by atoms with Gasteiger partial charge >= 0.3 is 0 Å². The summed E-state index contributed by atoms with van der Waals surface area (Å²) in [7, 11) is 0. The van der Waals surface area contributed by atoms with Crippen LogP contribution >= 0.6 is 11.3 Å². The van der Waals surface area contributed by atoms with Crippen molar-refractivity contribution >= 4 is 17.3 Å². The molecule has 0 aliphatic carbocycles. The quantitative estimate of drug-likeness (QED) is 0.897. The van der Waals surface area contributed by atoms with Crippen LogP contribution in [0.1, 0.15) is 36.7 Å². The largest absolute Gasteiger partial charge is 0.350 e. The number of rotatable bonds is 4. The molecular formula is C13H17N3S. The third-order valence-corrected chi connectivity index (χ3v) is 3.23. The average Bonchev–Trinajstić information content (AvgIpc) is 2.78. The van der Waals surface area contributed by atoms with Crippen LogP contribution in [0.4, 0.5) is 5.95 Å². The zero-order chi connectivity index (χ0) is 12.3. The highest BCUT2D eigenvalue weighted by atomic mass is 32.1. The van der Waals surface area contributed by atoms with E-state index in [1.54, 1.807) is 11.3 Å². The first-order valence-corrected chi connectivity index (χ1v) is 6.70. The van der Waals surface area contributed by atoms with Gasteiger partial charge in [-0.25, -0.2) is 9.97 Å². The van der Waals surface area contributed by atoms with Crippen LogP contribution in [-0.4, -0.2) is 9.97 Å². The number of hydrogen-bond donors (Lipinski definition) is 1. The summed E-state index contributed by atoms with van der Waals surface area (Å²) in [4.78, 5) is 8.91. The van der Waals surface area contributed by atoms with Crippen molar-refractivity contribution in [2.45, 2.75) is 33.2 Å². The Morgan fingerprint density at radius 2 is 2.18 bits per heavy atom. The molecule has 2 aromatic rings. The number of aryl methyl sites for hydroxylation is 1. The molecule has 0 spiro atoms. The van der Waals surface area contributed by atoms with E-state index in [0.29, 0.717) is 5.92 Å². The van der Waals surface area contributed by atoms with Crippen LogP contribution in [-0.2, 0) is 6.54 Å².